The Kier molecular flexibility index (Phi) is 7.05. The lowest BCUT2D eigenvalue weighted by Crippen LogP contribution is -2.53. The summed E-state index contributed by atoms with van der Waals surface area (Å²) in [6.07, 6.45) is 0.541. The van der Waals surface area contributed by atoms with Gasteiger partial charge >= 0.3 is 0 Å². The molecule has 4 heteroatoms. The van der Waals surface area contributed by atoms with Gasteiger partial charge in [-0.05, 0) is 26.2 Å². The highest BCUT2D eigenvalue weighted by Crippen LogP contribution is 2.36. The van der Waals surface area contributed by atoms with E-state index in [1.54, 1.807) is 21.0 Å². The van der Waals surface area contributed by atoms with Crippen LogP contribution in [0.4, 0.5) is 0 Å². The van der Waals surface area contributed by atoms with Gasteiger partial charge in [0, 0.05) is 7.11 Å². The van der Waals surface area contributed by atoms with Crippen molar-refractivity contribution >= 4 is 11.6 Å². The van der Waals surface area contributed by atoms with E-state index in [1.165, 1.54) is 6.92 Å². The first-order chi connectivity index (χ1) is 9.01. The van der Waals surface area contributed by atoms with Crippen LogP contribution in [0.3, 0.4) is 0 Å². The van der Waals surface area contributed by atoms with Crippen molar-refractivity contribution in [2.45, 2.75) is 72.5 Å². The lowest BCUT2D eigenvalue weighted by atomic mass is 9.71. The lowest BCUT2D eigenvalue weighted by Gasteiger charge is -2.42. The van der Waals surface area contributed by atoms with Gasteiger partial charge in [-0.3, -0.25) is 9.59 Å². The molecular weight excluding hydrogens is 256 g/mol. The molecule has 0 amide bonds. The van der Waals surface area contributed by atoms with Gasteiger partial charge in [-0.25, -0.2) is 0 Å². The van der Waals surface area contributed by atoms with Crippen molar-refractivity contribution in [1.82, 2.24) is 0 Å². The van der Waals surface area contributed by atoms with Crippen LogP contribution in [0, 0.1) is 11.3 Å². The van der Waals surface area contributed by atoms with Gasteiger partial charge in [0.1, 0.15) is 11.6 Å². The SMILES string of the molecule is CC[C@H](C)C[C@@](C)(OC)[C@H](O)C(C)(C)C(=O)CC(C)=O. The van der Waals surface area contributed by atoms with Crippen LogP contribution in [0.1, 0.15) is 60.8 Å². The predicted octanol–water partition coefficient (Wildman–Crippen LogP) is 2.76. The number of ether oxygens (including phenoxy) is 1. The fourth-order valence-electron chi connectivity index (χ4n) is 2.51. The minimum absolute atomic E-state index is 0.146. The molecule has 0 fully saturated rings. The van der Waals surface area contributed by atoms with Crippen molar-refractivity contribution in [2.24, 2.45) is 11.3 Å². The van der Waals surface area contributed by atoms with Gasteiger partial charge in [-0.2, -0.15) is 0 Å². The Bertz CT molecular complexity index is 348. The Morgan fingerprint density at radius 2 is 1.75 bits per heavy atom. The van der Waals surface area contributed by atoms with Gasteiger partial charge in [0.05, 0.1) is 23.5 Å². The van der Waals surface area contributed by atoms with Gasteiger partial charge in [-0.15, -0.1) is 0 Å². The molecule has 20 heavy (non-hydrogen) atoms. The van der Waals surface area contributed by atoms with Crippen molar-refractivity contribution in [2.75, 3.05) is 7.11 Å². The Labute approximate surface area is 122 Å². The maximum atomic E-state index is 12.2. The number of carbonyl (C=O) groups is 2. The first kappa shape index (κ1) is 19.3. The number of carbonyl (C=O) groups excluding carboxylic acids is 2. The highest BCUT2D eigenvalue weighted by Gasteiger charge is 2.47. The summed E-state index contributed by atoms with van der Waals surface area (Å²) in [5, 5.41) is 10.7. The van der Waals surface area contributed by atoms with Gasteiger partial charge in [-0.1, -0.05) is 34.1 Å². The fourth-order valence-corrected chi connectivity index (χ4v) is 2.51. The topological polar surface area (TPSA) is 63.6 Å². The van der Waals surface area contributed by atoms with Crippen LogP contribution in [-0.4, -0.2) is 35.5 Å². The number of Topliss-reactive ketones (excluding diaryl/α,β-unsaturated/α-hetero) is 2. The summed E-state index contributed by atoms with van der Waals surface area (Å²) in [4.78, 5) is 23.3. The standard InChI is InChI=1S/C16H30O4/c1-8-11(2)10-16(6,20-7)14(19)15(4,5)13(18)9-12(3)17/h11,14,19H,8-10H2,1-7H3/t11-,14+,16+/m0/s1. The van der Waals surface area contributed by atoms with Crippen molar-refractivity contribution < 1.29 is 19.4 Å². The molecule has 0 radical (unpaired) electrons. The molecule has 4 nitrogen and oxygen atoms in total. The Morgan fingerprint density at radius 3 is 2.10 bits per heavy atom. The largest absolute Gasteiger partial charge is 0.389 e. The summed E-state index contributed by atoms with van der Waals surface area (Å²) in [5.74, 6) is -0.0467. The highest BCUT2D eigenvalue weighted by molar-refractivity contribution is 6.00. The van der Waals surface area contributed by atoms with Gasteiger partial charge in [0.15, 0.2) is 0 Å². The number of ketones is 2. The number of hydrogen-bond acceptors (Lipinski definition) is 4. The molecule has 0 saturated heterocycles. The second kappa shape index (κ2) is 7.32. The smallest absolute Gasteiger partial charge is 0.148 e. The zero-order chi connectivity index (χ0) is 16.1. The van der Waals surface area contributed by atoms with E-state index in [0.717, 1.165) is 6.42 Å². The Morgan fingerprint density at radius 1 is 1.25 bits per heavy atom. The normalized spacial score (nSPS) is 18.2. The average Bonchev–Trinajstić information content (AvgIpc) is 2.36. The van der Waals surface area contributed by atoms with Crippen LogP contribution in [0.15, 0.2) is 0 Å². The number of aliphatic hydroxyl groups excluding tert-OH is 1. The third-order valence-corrected chi connectivity index (χ3v) is 4.31. The summed E-state index contributed by atoms with van der Waals surface area (Å²) in [6.45, 7) is 10.7. The maximum absolute atomic E-state index is 12.2. The van der Waals surface area contributed by atoms with E-state index in [4.69, 9.17) is 4.74 Å². The fraction of sp³-hybridized carbons (Fsp3) is 0.875. The van der Waals surface area contributed by atoms with Crippen molar-refractivity contribution in [3.8, 4) is 0 Å². The molecule has 0 aliphatic heterocycles. The minimum atomic E-state index is -1.01. The van der Waals surface area contributed by atoms with E-state index in [0.29, 0.717) is 12.3 Å². The summed E-state index contributed by atoms with van der Waals surface area (Å²) in [6, 6.07) is 0. The molecule has 0 aromatic heterocycles. The number of aliphatic hydroxyl groups is 1. The Balaban J connectivity index is 5.19. The summed E-state index contributed by atoms with van der Waals surface area (Å²) >= 11 is 0. The third-order valence-electron chi connectivity index (χ3n) is 4.31. The second-order valence-electron chi connectivity index (χ2n) is 6.66. The predicted molar refractivity (Wildman–Crippen MR) is 79.6 cm³/mol. The monoisotopic (exact) mass is 286 g/mol. The molecule has 0 rings (SSSR count). The first-order valence-corrected chi connectivity index (χ1v) is 7.27. The third kappa shape index (κ3) is 4.67. The van der Waals surface area contributed by atoms with Gasteiger partial charge in [0.2, 0.25) is 0 Å². The van der Waals surface area contributed by atoms with Crippen molar-refractivity contribution in [1.29, 1.82) is 0 Å². The molecular formula is C16H30O4. The quantitative estimate of drug-likeness (QED) is 0.662. The van der Waals surface area contributed by atoms with E-state index in [-0.39, 0.29) is 18.0 Å². The molecule has 0 spiro atoms. The number of methoxy groups -OCH3 is 1. The molecule has 0 bridgehead atoms. The maximum Gasteiger partial charge on any atom is 0.148 e. The Hall–Kier alpha value is -0.740. The zero-order valence-corrected chi connectivity index (χ0v) is 13.9. The molecule has 0 heterocycles. The van der Waals surface area contributed by atoms with E-state index < -0.39 is 17.1 Å². The van der Waals surface area contributed by atoms with E-state index in [2.05, 4.69) is 13.8 Å². The lowest BCUT2D eigenvalue weighted by molar-refractivity contribution is -0.162. The number of hydrogen-bond donors (Lipinski definition) is 1. The molecule has 0 aliphatic rings. The molecule has 1 N–H and O–H groups in total. The van der Waals surface area contributed by atoms with E-state index >= 15 is 0 Å². The molecule has 0 saturated carbocycles. The van der Waals surface area contributed by atoms with E-state index in [1.807, 2.05) is 6.92 Å². The average molecular weight is 286 g/mol. The molecule has 3 atom stereocenters. The first-order valence-electron chi connectivity index (χ1n) is 7.27. The zero-order valence-electron chi connectivity index (χ0n) is 13.9. The highest BCUT2D eigenvalue weighted by atomic mass is 16.5. The molecule has 0 aromatic rings. The van der Waals surface area contributed by atoms with Gasteiger partial charge < -0.3 is 9.84 Å². The van der Waals surface area contributed by atoms with Crippen LogP contribution in [0.5, 0.6) is 0 Å². The van der Waals surface area contributed by atoms with Crippen LogP contribution in [-0.2, 0) is 14.3 Å². The number of rotatable bonds is 9. The van der Waals surface area contributed by atoms with Crippen LogP contribution in [0.2, 0.25) is 0 Å². The van der Waals surface area contributed by atoms with Crippen molar-refractivity contribution in [3.05, 3.63) is 0 Å². The summed E-state index contributed by atoms with van der Waals surface area (Å²) in [5.41, 5.74) is -1.81. The molecule has 0 aliphatic carbocycles. The molecule has 118 valence electrons. The van der Waals surface area contributed by atoms with Gasteiger partial charge in [0.25, 0.3) is 0 Å². The van der Waals surface area contributed by atoms with E-state index in [9.17, 15) is 14.7 Å². The summed E-state index contributed by atoms with van der Waals surface area (Å²) in [7, 11) is 1.55. The summed E-state index contributed by atoms with van der Waals surface area (Å²) < 4.78 is 5.53. The van der Waals surface area contributed by atoms with Crippen LogP contribution in [0.25, 0.3) is 0 Å². The second-order valence-corrected chi connectivity index (χ2v) is 6.66. The molecule has 0 aromatic carbocycles. The van der Waals surface area contributed by atoms with Crippen molar-refractivity contribution in [3.63, 3.8) is 0 Å². The minimum Gasteiger partial charge on any atom is -0.389 e. The van der Waals surface area contributed by atoms with Crippen LogP contribution < -0.4 is 0 Å². The molecule has 0 unspecified atom stereocenters. The van der Waals surface area contributed by atoms with Crippen LogP contribution >= 0.6 is 0 Å².